The van der Waals surface area contributed by atoms with Crippen molar-refractivity contribution in [1.29, 1.82) is 0 Å². The predicted octanol–water partition coefficient (Wildman–Crippen LogP) is 5.56. The van der Waals surface area contributed by atoms with Crippen LogP contribution in [0.1, 0.15) is 0 Å². The van der Waals surface area contributed by atoms with Gasteiger partial charge in [-0.25, -0.2) is 4.98 Å². The molecule has 0 radical (unpaired) electrons. The number of halogens is 1. The summed E-state index contributed by atoms with van der Waals surface area (Å²) in [6, 6.07) is 22.3. The highest BCUT2D eigenvalue weighted by atomic mass is 79.9. The van der Waals surface area contributed by atoms with Crippen LogP contribution in [0.2, 0.25) is 0 Å². The summed E-state index contributed by atoms with van der Waals surface area (Å²) in [5, 5.41) is 0. The summed E-state index contributed by atoms with van der Waals surface area (Å²) in [6.07, 6.45) is 0. The Morgan fingerprint density at radius 2 is 1.74 bits per heavy atom. The molecule has 2 heterocycles. The quantitative estimate of drug-likeness (QED) is 0.390. The molecule has 0 saturated carbocycles. The number of imidazole rings is 1. The first-order valence-electron chi connectivity index (χ1n) is 7.36. The molecule has 0 N–H and O–H groups in total. The molecule has 4 heteroatoms. The molecule has 4 aromatic rings. The fraction of sp³-hybridized carbons (Fsp3) is 0. The van der Waals surface area contributed by atoms with Crippen LogP contribution in [0.4, 0.5) is 0 Å². The molecule has 3 nitrogen and oxygen atoms in total. The van der Waals surface area contributed by atoms with E-state index in [-0.39, 0.29) is 0 Å². The molecule has 23 heavy (non-hydrogen) atoms. The summed E-state index contributed by atoms with van der Waals surface area (Å²) in [4.78, 5) is 4.85. The van der Waals surface area contributed by atoms with Crippen LogP contribution in [0.5, 0.6) is 11.5 Å². The zero-order valence-corrected chi connectivity index (χ0v) is 13.6. The molecule has 1 aliphatic rings. The number of nitrogens with zero attached hydrogens (tertiary/aromatic N) is 2. The molecule has 0 amide bonds. The largest absolute Gasteiger partial charge is 0.453 e. The molecule has 0 bridgehead atoms. The summed E-state index contributed by atoms with van der Waals surface area (Å²) in [6.45, 7) is 0. The highest BCUT2D eigenvalue weighted by Crippen LogP contribution is 2.43. The van der Waals surface area contributed by atoms with Gasteiger partial charge in [-0.05, 0) is 30.3 Å². The topological polar surface area (TPSA) is 27.1 Å². The van der Waals surface area contributed by atoms with Gasteiger partial charge in [0.1, 0.15) is 11.3 Å². The van der Waals surface area contributed by atoms with Crippen molar-refractivity contribution in [1.82, 2.24) is 9.55 Å². The number of ether oxygens (including phenoxy) is 1. The van der Waals surface area contributed by atoms with E-state index in [1.54, 1.807) is 0 Å². The molecular formula is C19H11BrN2O. The van der Waals surface area contributed by atoms with Crippen LogP contribution in [0.25, 0.3) is 28.1 Å². The first-order chi connectivity index (χ1) is 11.3. The van der Waals surface area contributed by atoms with Gasteiger partial charge in [-0.1, -0.05) is 52.3 Å². The van der Waals surface area contributed by atoms with Crippen molar-refractivity contribution >= 4 is 27.0 Å². The van der Waals surface area contributed by atoms with Gasteiger partial charge < -0.3 is 4.74 Å². The lowest BCUT2D eigenvalue weighted by molar-refractivity contribution is 0.475. The van der Waals surface area contributed by atoms with Crippen LogP contribution in [-0.4, -0.2) is 9.55 Å². The number of hydrogen-bond acceptors (Lipinski definition) is 2. The number of benzene rings is 3. The van der Waals surface area contributed by atoms with Gasteiger partial charge in [-0.15, -0.1) is 0 Å². The van der Waals surface area contributed by atoms with Crippen molar-refractivity contribution in [3.05, 3.63) is 71.2 Å². The molecule has 0 saturated heterocycles. The average molecular weight is 363 g/mol. The number of fused-ring (bicyclic) bond motifs is 2. The van der Waals surface area contributed by atoms with E-state index in [2.05, 4.69) is 38.7 Å². The molecule has 0 aliphatic carbocycles. The van der Waals surface area contributed by atoms with Gasteiger partial charge >= 0.3 is 0 Å². The molecule has 5 rings (SSSR count). The fourth-order valence-corrected chi connectivity index (χ4v) is 3.41. The van der Waals surface area contributed by atoms with E-state index in [9.17, 15) is 0 Å². The van der Waals surface area contributed by atoms with E-state index in [1.807, 2.05) is 48.5 Å². The van der Waals surface area contributed by atoms with E-state index in [4.69, 9.17) is 9.72 Å². The first-order valence-corrected chi connectivity index (χ1v) is 8.15. The third-order valence-electron chi connectivity index (χ3n) is 4.05. The summed E-state index contributed by atoms with van der Waals surface area (Å²) in [5.74, 6) is 2.59. The van der Waals surface area contributed by atoms with E-state index in [0.29, 0.717) is 0 Å². The second-order valence-corrected chi connectivity index (χ2v) is 6.39. The third-order valence-corrected chi connectivity index (χ3v) is 4.55. The molecule has 3 aromatic carbocycles. The maximum absolute atomic E-state index is 6.09. The van der Waals surface area contributed by atoms with Crippen LogP contribution in [0.15, 0.2) is 71.2 Å². The van der Waals surface area contributed by atoms with E-state index in [1.165, 1.54) is 0 Å². The minimum Gasteiger partial charge on any atom is -0.453 e. The monoisotopic (exact) mass is 362 g/mol. The molecule has 0 spiro atoms. The molecule has 0 atom stereocenters. The van der Waals surface area contributed by atoms with Crippen LogP contribution < -0.4 is 4.74 Å². The van der Waals surface area contributed by atoms with Crippen LogP contribution in [-0.2, 0) is 0 Å². The Kier molecular flexibility index (Phi) is 2.64. The Labute approximate surface area is 141 Å². The Morgan fingerprint density at radius 1 is 0.870 bits per heavy atom. The summed E-state index contributed by atoms with van der Waals surface area (Å²) >= 11 is 3.52. The van der Waals surface area contributed by atoms with Crippen LogP contribution in [0, 0.1) is 0 Å². The van der Waals surface area contributed by atoms with E-state index in [0.717, 1.165) is 44.1 Å². The van der Waals surface area contributed by atoms with Crippen LogP contribution >= 0.6 is 15.9 Å². The Bertz CT molecular complexity index is 1050. The second-order valence-electron chi connectivity index (χ2n) is 5.47. The molecular weight excluding hydrogens is 352 g/mol. The van der Waals surface area contributed by atoms with Crippen molar-refractivity contribution in [2.24, 2.45) is 0 Å². The zero-order chi connectivity index (χ0) is 15.4. The maximum atomic E-state index is 6.09. The average Bonchev–Trinajstić information content (AvgIpc) is 2.97. The van der Waals surface area contributed by atoms with Gasteiger partial charge in [0.25, 0.3) is 0 Å². The predicted molar refractivity (Wildman–Crippen MR) is 94.3 cm³/mol. The smallest absolute Gasteiger partial charge is 0.153 e. The fourth-order valence-electron chi connectivity index (χ4n) is 3.07. The minimum absolute atomic E-state index is 0.828. The molecule has 1 aromatic heterocycles. The Morgan fingerprint density at radius 3 is 2.61 bits per heavy atom. The SMILES string of the molecule is Brc1ccc2c(c1)Oc1cccc3nc(-c4ccccc4)n-2c13. The maximum Gasteiger partial charge on any atom is 0.153 e. The number of aromatic nitrogens is 2. The van der Waals surface area contributed by atoms with Crippen molar-refractivity contribution in [3.8, 4) is 28.6 Å². The first kappa shape index (κ1) is 12.9. The van der Waals surface area contributed by atoms with Gasteiger partial charge in [0.2, 0.25) is 0 Å². The lowest BCUT2D eigenvalue weighted by atomic mass is 10.2. The number of para-hydroxylation sites is 1. The standard InChI is InChI=1S/C19H11BrN2O/c20-13-9-10-15-17(11-13)23-16-8-4-7-14-18(16)22(15)19(21-14)12-5-2-1-3-6-12/h1-11H. The number of rotatable bonds is 1. The Hall–Kier alpha value is -2.59. The highest BCUT2D eigenvalue weighted by molar-refractivity contribution is 9.10. The second kappa shape index (κ2) is 4.70. The normalized spacial score (nSPS) is 12.0. The van der Waals surface area contributed by atoms with Crippen molar-refractivity contribution in [2.75, 3.05) is 0 Å². The summed E-state index contributed by atoms with van der Waals surface area (Å²) < 4.78 is 9.27. The number of hydrogen-bond donors (Lipinski definition) is 0. The van der Waals surface area contributed by atoms with Crippen molar-refractivity contribution in [3.63, 3.8) is 0 Å². The summed E-state index contributed by atoms with van der Waals surface area (Å²) in [5.41, 5.74) is 4.05. The molecule has 0 unspecified atom stereocenters. The van der Waals surface area contributed by atoms with Gasteiger partial charge in [0.05, 0.1) is 11.2 Å². The lowest BCUT2D eigenvalue weighted by Gasteiger charge is -2.21. The zero-order valence-electron chi connectivity index (χ0n) is 12.0. The van der Waals surface area contributed by atoms with Crippen LogP contribution in [0.3, 0.4) is 0 Å². The molecule has 1 aliphatic heterocycles. The van der Waals surface area contributed by atoms with Gasteiger partial charge in [-0.3, -0.25) is 4.57 Å². The minimum atomic E-state index is 0.828. The lowest BCUT2D eigenvalue weighted by Crippen LogP contribution is -2.05. The Balaban J connectivity index is 1.92. The van der Waals surface area contributed by atoms with Gasteiger partial charge in [-0.2, -0.15) is 0 Å². The van der Waals surface area contributed by atoms with Gasteiger partial charge in [0.15, 0.2) is 11.5 Å². The van der Waals surface area contributed by atoms with E-state index >= 15 is 0 Å². The molecule has 110 valence electrons. The molecule has 0 fully saturated rings. The van der Waals surface area contributed by atoms with Crippen molar-refractivity contribution < 1.29 is 4.74 Å². The highest BCUT2D eigenvalue weighted by Gasteiger charge is 2.24. The third kappa shape index (κ3) is 1.85. The van der Waals surface area contributed by atoms with Crippen molar-refractivity contribution in [2.45, 2.75) is 0 Å². The summed E-state index contributed by atoms with van der Waals surface area (Å²) in [7, 11) is 0. The van der Waals surface area contributed by atoms with Gasteiger partial charge in [0, 0.05) is 10.0 Å². The van der Waals surface area contributed by atoms with E-state index < -0.39 is 0 Å².